The van der Waals surface area contributed by atoms with Gasteiger partial charge in [0.2, 0.25) is 21.8 Å². The van der Waals surface area contributed by atoms with E-state index in [1.807, 2.05) is 36.1 Å². The smallest absolute Gasteiger partial charge is 0.240 e. The van der Waals surface area contributed by atoms with Crippen LogP contribution in [0.1, 0.15) is 76.3 Å². The molecule has 3 heterocycles. The molecule has 52 heavy (non-hydrogen) atoms. The molecule has 11 nitrogen and oxygen atoms in total. The van der Waals surface area contributed by atoms with Gasteiger partial charge in [-0.25, -0.2) is 8.42 Å². The van der Waals surface area contributed by atoms with Gasteiger partial charge in [0, 0.05) is 57.8 Å². The summed E-state index contributed by atoms with van der Waals surface area (Å²) in [5, 5.41) is 12.6. The Balaban J connectivity index is 1.30. The Morgan fingerprint density at radius 2 is 1.90 bits per heavy atom. The maximum Gasteiger partial charge on any atom is 0.240 e. The molecule has 1 saturated carbocycles. The van der Waals surface area contributed by atoms with E-state index in [0.29, 0.717) is 82.4 Å². The molecule has 1 aromatic carbocycles. The van der Waals surface area contributed by atoms with Crippen LogP contribution in [0.2, 0.25) is 5.02 Å². The summed E-state index contributed by atoms with van der Waals surface area (Å²) in [4.78, 5) is 33.0. The predicted molar refractivity (Wildman–Crippen MR) is 201 cm³/mol. The number of carbonyl (C=O) groups is 2. The fourth-order valence-electron chi connectivity index (χ4n) is 8.81. The second kappa shape index (κ2) is 16.8. The van der Waals surface area contributed by atoms with Gasteiger partial charge >= 0.3 is 0 Å². The van der Waals surface area contributed by atoms with Crippen molar-refractivity contribution in [3.63, 3.8) is 0 Å². The molecule has 3 aliphatic heterocycles. The summed E-state index contributed by atoms with van der Waals surface area (Å²) >= 11 is 6.38. The first-order valence-electron chi connectivity index (χ1n) is 19.2. The van der Waals surface area contributed by atoms with Crippen molar-refractivity contribution in [1.82, 2.24) is 19.4 Å². The van der Waals surface area contributed by atoms with Crippen LogP contribution in [0, 0.1) is 23.7 Å². The van der Waals surface area contributed by atoms with Gasteiger partial charge in [-0.15, -0.1) is 0 Å². The Morgan fingerprint density at radius 3 is 2.65 bits per heavy atom. The van der Waals surface area contributed by atoms with Gasteiger partial charge in [-0.05, 0) is 99.0 Å². The maximum atomic E-state index is 13.6. The van der Waals surface area contributed by atoms with E-state index in [9.17, 15) is 23.1 Å². The van der Waals surface area contributed by atoms with Crippen molar-refractivity contribution in [3.8, 4) is 0 Å². The van der Waals surface area contributed by atoms with E-state index in [2.05, 4.69) is 14.5 Å². The van der Waals surface area contributed by atoms with Crippen molar-refractivity contribution < 1.29 is 32.6 Å². The molecule has 2 saturated heterocycles. The number of β-amino-alcohol motifs (C(OH)–C–C–N with tert-alkyl or cyclic N) is 1. The molecule has 1 aromatic rings. The molecule has 2 aliphatic carbocycles. The van der Waals surface area contributed by atoms with Crippen LogP contribution in [0.3, 0.4) is 0 Å². The maximum absolute atomic E-state index is 13.6. The van der Waals surface area contributed by atoms with Gasteiger partial charge in [0.1, 0.15) is 12.4 Å². The monoisotopic (exact) mass is 760 g/mol. The molecule has 2 bridgehead atoms. The average Bonchev–Trinajstić information content (AvgIpc) is 3.11. The van der Waals surface area contributed by atoms with Crippen molar-refractivity contribution in [2.75, 3.05) is 59.5 Å². The van der Waals surface area contributed by atoms with Gasteiger partial charge in [0.15, 0.2) is 0 Å². The molecule has 5 aliphatic rings. The van der Waals surface area contributed by atoms with Gasteiger partial charge in [0.25, 0.3) is 0 Å². The van der Waals surface area contributed by atoms with Crippen molar-refractivity contribution in [1.29, 1.82) is 0 Å². The second-order valence-corrected chi connectivity index (χ2v) is 18.3. The second-order valence-electron chi connectivity index (χ2n) is 15.8. The first-order valence-corrected chi connectivity index (χ1v) is 21.1. The molecule has 2 N–H and O–H groups in total. The number of methoxy groups -OCH3 is 1. The number of aliphatic hydroxyl groups is 1. The van der Waals surface area contributed by atoms with E-state index in [1.165, 1.54) is 5.56 Å². The standard InChI is InChI=1S/C39H57ClN4O7S/c1-27-7-6-15-39(47,26-42-17-18-43(19-20-50-3)37(45)24-42)34-13-10-31(34)23-44-16-5-4-8-29-21-33(40)12-9-32(29)25-51-36-14-11-30(22-35(36)44)38(46)41-52(48,49)28(27)2/h9,11-12,14,21,27-28,30-31,34,47H,4-8,10,13,15-20,22-26H2,1-3H3,(H,41,46)/t27-,28+,30?,31-,34+,39-/m0/s1. The lowest BCUT2D eigenvalue weighted by Gasteiger charge is -2.51. The quantitative estimate of drug-likeness (QED) is 0.447. The third kappa shape index (κ3) is 9.00. The number of hydrogen-bond donors (Lipinski definition) is 2. The first-order chi connectivity index (χ1) is 24.9. The molecule has 0 spiro atoms. The van der Waals surface area contributed by atoms with Gasteiger partial charge in [-0.3, -0.25) is 19.2 Å². The van der Waals surface area contributed by atoms with Crippen LogP contribution in [0.5, 0.6) is 0 Å². The summed E-state index contributed by atoms with van der Waals surface area (Å²) < 4.78 is 41.2. The topological polar surface area (TPSA) is 129 Å². The minimum atomic E-state index is -3.95. The number of fused-ring (bicyclic) bond motifs is 3. The largest absolute Gasteiger partial charge is 0.487 e. The van der Waals surface area contributed by atoms with Gasteiger partial charge in [-0.2, -0.15) is 0 Å². The minimum absolute atomic E-state index is 0.0197. The Morgan fingerprint density at radius 1 is 1.08 bits per heavy atom. The summed E-state index contributed by atoms with van der Waals surface area (Å²) in [6, 6.07) is 5.92. The molecule has 6 rings (SSSR count). The van der Waals surface area contributed by atoms with E-state index in [4.69, 9.17) is 21.1 Å². The lowest BCUT2D eigenvalue weighted by Crippen LogP contribution is -2.59. The van der Waals surface area contributed by atoms with E-state index < -0.39 is 32.7 Å². The third-order valence-electron chi connectivity index (χ3n) is 12.4. The lowest BCUT2D eigenvalue weighted by atomic mass is 9.62. The number of amides is 2. The van der Waals surface area contributed by atoms with Crippen molar-refractivity contribution in [2.45, 2.75) is 89.1 Å². The number of sulfonamides is 1. The Kier molecular flexibility index (Phi) is 12.6. The highest BCUT2D eigenvalue weighted by Crippen LogP contribution is 2.46. The summed E-state index contributed by atoms with van der Waals surface area (Å²) in [7, 11) is -2.32. The SMILES string of the molecule is COCCN1CCN(C[C@@]2(O)CCC[C@H](C)[C@@H](C)S(=O)(=O)NC(=O)C3C=CC4=C(C3)N(CCCCc3cc(Cl)ccc3CO4)C[C@@H]3CC[C@H]32)CC1=O. The van der Waals surface area contributed by atoms with Crippen LogP contribution in [0.4, 0.5) is 0 Å². The van der Waals surface area contributed by atoms with Crippen LogP contribution in [0.25, 0.3) is 0 Å². The Labute approximate surface area is 314 Å². The number of allylic oxidation sites excluding steroid dienone is 2. The van der Waals surface area contributed by atoms with Gasteiger partial charge in [0.05, 0.1) is 35.6 Å². The molecule has 1 unspecified atom stereocenters. The zero-order chi connectivity index (χ0) is 37.0. The zero-order valence-electron chi connectivity index (χ0n) is 31.0. The number of rotatable bonds is 5. The normalized spacial score (nSPS) is 32.1. The predicted octanol–water partition coefficient (Wildman–Crippen LogP) is 4.49. The van der Waals surface area contributed by atoms with Crippen LogP contribution >= 0.6 is 11.6 Å². The van der Waals surface area contributed by atoms with Crippen LogP contribution in [0.15, 0.2) is 41.8 Å². The number of benzene rings is 1. The number of piperazine rings is 1. The number of halogens is 1. The number of nitrogens with one attached hydrogen (secondary N) is 1. The van der Waals surface area contributed by atoms with Crippen LogP contribution in [-0.4, -0.2) is 110 Å². The highest BCUT2D eigenvalue weighted by Gasteiger charge is 2.48. The molecule has 13 heteroatoms. The van der Waals surface area contributed by atoms with Crippen LogP contribution in [-0.2, 0) is 42.1 Å². The fourth-order valence-corrected chi connectivity index (χ4v) is 10.4. The molecule has 288 valence electrons. The Hall–Kier alpha value is -2.64. The minimum Gasteiger partial charge on any atom is -0.487 e. The highest BCUT2D eigenvalue weighted by atomic mass is 35.5. The summed E-state index contributed by atoms with van der Waals surface area (Å²) in [5.41, 5.74) is 2.10. The number of nitrogens with zero attached hydrogens (tertiary/aromatic N) is 3. The third-order valence-corrected chi connectivity index (χ3v) is 14.6. The zero-order valence-corrected chi connectivity index (χ0v) is 32.6. The lowest BCUT2D eigenvalue weighted by molar-refractivity contribution is -0.143. The fraction of sp³-hybridized carbons (Fsp3) is 0.692. The highest BCUT2D eigenvalue weighted by molar-refractivity contribution is 7.90. The number of hydrogen-bond acceptors (Lipinski definition) is 9. The van der Waals surface area contributed by atoms with Crippen LogP contribution < -0.4 is 4.72 Å². The number of aryl methyl sites for hydroxylation is 1. The van der Waals surface area contributed by atoms with E-state index in [0.717, 1.165) is 49.9 Å². The van der Waals surface area contributed by atoms with Crippen molar-refractivity contribution in [3.05, 3.63) is 58.0 Å². The molecular formula is C39H57ClN4O7S. The molecule has 3 fully saturated rings. The summed E-state index contributed by atoms with van der Waals surface area (Å²) in [5.74, 6) is -0.448. The number of ether oxygens (including phenoxy) is 2. The van der Waals surface area contributed by atoms with Gasteiger partial charge < -0.3 is 24.4 Å². The van der Waals surface area contributed by atoms with Crippen molar-refractivity contribution >= 4 is 33.4 Å². The molecular weight excluding hydrogens is 704 g/mol. The van der Waals surface area contributed by atoms with Crippen molar-refractivity contribution in [2.24, 2.45) is 23.7 Å². The number of carbonyl (C=O) groups excluding carboxylic acids is 2. The molecule has 0 aromatic heterocycles. The average molecular weight is 761 g/mol. The van der Waals surface area contributed by atoms with Gasteiger partial charge in [-0.1, -0.05) is 37.1 Å². The molecule has 0 radical (unpaired) electrons. The Bertz CT molecular complexity index is 1640. The van der Waals surface area contributed by atoms with E-state index in [-0.39, 0.29) is 30.2 Å². The summed E-state index contributed by atoms with van der Waals surface area (Å²) in [6.07, 6.45) is 10.3. The van der Waals surface area contributed by atoms with E-state index in [1.54, 1.807) is 20.1 Å². The first kappa shape index (κ1) is 39.1. The van der Waals surface area contributed by atoms with E-state index >= 15 is 0 Å². The summed E-state index contributed by atoms with van der Waals surface area (Å²) in [6.45, 7) is 8.36. The molecule has 6 atom stereocenters. The molecule has 2 amide bonds.